The minimum Gasteiger partial charge on any atom is -0.508 e. The molecule has 4 nitrogen and oxygen atoms in total. The van der Waals surface area contributed by atoms with Crippen LogP contribution in [0.5, 0.6) is 5.75 Å². The lowest BCUT2D eigenvalue weighted by Crippen LogP contribution is -2.43. The molecule has 0 bridgehead atoms. The molecule has 0 spiro atoms. The maximum Gasteiger partial charge on any atom is 0.236 e. The molecule has 4 heteroatoms. The molecule has 3 N–H and O–H groups in total. The summed E-state index contributed by atoms with van der Waals surface area (Å²) >= 11 is 0. The van der Waals surface area contributed by atoms with Gasteiger partial charge in [-0.1, -0.05) is 12.1 Å². The molecule has 0 aliphatic rings. The van der Waals surface area contributed by atoms with E-state index in [1.54, 1.807) is 6.07 Å². The number of carbonyl (C=O) groups is 1. The minimum absolute atomic E-state index is 0.0315. The van der Waals surface area contributed by atoms with Gasteiger partial charge in [-0.2, -0.15) is 0 Å². The Bertz CT molecular complexity index is 418. The number of likely N-dealkylation sites (N-methyl/N-ethyl adjacent to an activating group) is 1. The van der Waals surface area contributed by atoms with Crippen LogP contribution in [-0.4, -0.2) is 23.6 Å². The number of nitrogens with one attached hydrogen (secondary N) is 2. The summed E-state index contributed by atoms with van der Waals surface area (Å²) in [6.07, 6.45) is 0. The largest absolute Gasteiger partial charge is 0.508 e. The quantitative estimate of drug-likeness (QED) is 0.747. The maximum absolute atomic E-state index is 11.6. The third-order valence-electron chi connectivity index (χ3n) is 2.90. The van der Waals surface area contributed by atoms with E-state index in [0.717, 1.165) is 11.1 Å². The molecular formula is C14H22N2O2. The van der Waals surface area contributed by atoms with Crippen LogP contribution in [0, 0.1) is 6.92 Å². The summed E-state index contributed by atoms with van der Waals surface area (Å²) < 4.78 is 0. The third-order valence-corrected chi connectivity index (χ3v) is 2.90. The highest BCUT2D eigenvalue weighted by Crippen LogP contribution is 2.25. The maximum atomic E-state index is 11.6. The van der Waals surface area contributed by atoms with Gasteiger partial charge < -0.3 is 10.4 Å². The Labute approximate surface area is 108 Å². The van der Waals surface area contributed by atoms with Crippen LogP contribution in [0.15, 0.2) is 18.2 Å². The van der Waals surface area contributed by atoms with Crippen molar-refractivity contribution in [1.82, 2.24) is 10.6 Å². The molecule has 1 aromatic carbocycles. The number of benzene rings is 1. The fraction of sp³-hybridized carbons (Fsp3) is 0.500. The van der Waals surface area contributed by atoms with Crippen LogP contribution in [0.4, 0.5) is 0 Å². The second kappa shape index (κ2) is 6.40. The first-order chi connectivity index (χ1) is 8.45. The molecule has 0 radical (unpaired) electrons. The summed E-state index contributed by atoms with van der Waals surface area (Å²) in [7, 11) is 0. The van der Waals surface area contributed by atoms with Crippen LogP contribution in [0.1, 0.15) is 37.9 Å². The van der Waals surface area contributed by atoms with Crippen LogP contribution in [0.2, 0.25) is 0 Å². The standard InChI is InChI=1S/C14H22N2O2/c1-5-15-14(18)11(4)16-10(3)12-7-6-9(2)8-13(12)17/h6-8,10-11,16-17H,5H2,1-4H3,(H,15,18). The van der Waals surface area contributed by atoms with Crippen molar-refractivity contribution in [2.24, 2.45) is 0 Å². The van der Waals surface area contributed by atoms with E-state index in [0.29, 0.717) is 6.54 Å². The molecule has 1 rings (SSSR count). The van der Waals surface area contributed by atoms with Crippen molar-refractivity contribution in [3.8, 4) is 5.75 Å². The van der Waals surface area contributed by atoms with Gasteiger partial charge in [-0.3, -0.25) is 10.1 Å². The fourth-order valence-electron chi connectivity index (χ4n) is 1.89. The Morgan fingerprint density at radius 3 is 2.61 bits per heavy atom. The molecule has 2 unspecified atom stereocenters. The van der Waals surface area contributed by atoms with Gasteiger partial charge in [0.15, 0.2) is 0 Å². The number of hydrogen-bond donors (Lipinski definition) is 3. The van der Waals surface area contributed by atoms with Gasteiger partial charge in [-0.25, -0.2) is 0 Å². The van der Waals surface area contributed by atoms with E-state index in [1.807, 2.05) is 39.8 Å². The minimum atomic E-state index is -0.291. The Balaban J connectivity index is 2.70. The van der Waals surface area contributed by atoms with Crippen molar-refractivity contribution < 1.29 is 9.90 Å². The van der Waals surface area contributed by atoms with E-state index in [1.165, 1.54) is 0 Å². The number of amides is 1. The number of aromatic hydroxyl groups is 1. The Morgan fingerprint density at radius 2 is 2.06 bits per heavy atom. The highest BCUT2D eigenvalue weighted by molar-refractivity contribution is 5.81. The van der Waals surface area contributed by atoms with Crippen molar-refractivity contribution in [1.29, 1.82) is 0 Å². The van der Waals surface area contributed by atoms with Gasteiger partial charge in [-0.05, 0) is 39.3 Å². The lowest BCUT2D eigenvalue weighted by Gasteiger charge is -2.20. The lowest BCUT2D eigenvalue weighted by molar-refractivity contribution is -0.122. The predicted molar refractivity (Wildman–Crippen MR) is 72.5 cm³/mol. The van der Waals surface area contributed by atoms with Crippen molar-refractivity contribution in [3.05, 3.63) is 29.3 Å². The van der Waals surface area contributed by atoms with Crippen molar-refractivity contribution >= 4 is 5.91 Å². The predicted octanol–water partition coefficient (Wildman–Crippen LogP) is 1.88. The number of aryl methyl sites for hydroxylation is 1. The van der Waals surface area contributed by atoms with Crippen LogP contribution < -0.4 is 10.6 Å². The van der Waals surface area contributed by atoms with E-state index < -0.39 is 0 Å². The van der Waals surface area contributed by atoms with Gasteiger partial charge >= 0.3 is 0 Å². The van der Waals surface area contributed by atoms with Gasteiger partial charge in [0, 0.05) is 18.2 Å². The average molecular weight is 250 g/mol. The van der Waals surface area contributed by atoms with Gasteiger partial charge in [-0.15, -0.1) is 0 Å². The summed E-state index contributed by atoms with van der Waals surface area (Å²) in [5, 5.41) is 15.8. The second-order valence-electron chi connectivity index (χ2n) is 4.57. The molecule has 0 saturated carbocycles. The first kappa shape index (κ1) is 14.5. The fourth-order valence-corrected chi connectivity index (χ4v) is 1.89. The van der Waals surface area contributed by atoms with E-state index in [-0.39, 0.29) is 23.7 Å². The Morgan fingerprint density at radius 1 is 1.39 bits per heavy atom. The molecule has 0 aliphatic heterocycles. The number of hydrogen-bond acceptors (Lipinski definition) is 3. The smallest absolute Gasteiger partial charge is 0.236 e. The SMILES string of the molecule is CCNC(=O)C(C)NC(C)c1ccc(C)cc1O. The van der Waals surface area contributed by atoms with Gasteiger partial charge in [0.25, 0.3) is 0 Å². The zero-order chi connectivity index (χ0) is 13.7. The van der Waals surface area contributed by atoms with Crippen molar-refractivity contribution in [2.75, 3.05) is 6.54 Å². The average Bonchev–Trinajstić information content (AvgIpc) is 2.28. The zero-order valence-electron chi connectivity index (χ0n) is 11.4. The molecule has 0 aromatic heterocycles. The second-order valence-corrected chi connectivity index (χ2v) is 4.57. The molecular weight excluding hydrogens is 228 g/mol. The first-order valence-electron chi connectivity index (χ1n) is 6.29. The highest BCUT2D eigenvalue weighted by atomic mass is 16.3. The van der Waals surface area contributed by atoms with Crippen LogP contribution in [0.25, 0.3) is 0 Å². The molecule has 0 heterocycles. The molecule has 1 aromatic rings. The summed E-state index contributed by atoms with van der Waals surface area (Å²) in [6, 6.07) is 5.19. The monoisotopic (exact) mass is 250 g/mol. The van der Waals surface area contributed by atoms with E-state index in [9.17, 15) is 9.90 Å². The van der Waals surface area contributed by atoms with Crippen LogP contribution in [0.3, 0.4) is 0 Å². The van der Waals surface area contributed by atoms with Crippen molar-refractivity contribution in [2.45, 2.75) is 39.8 Å². The zero-order valence-corrected chi connectivity index (χ0v) is 11.4. The van der Waals surface area contributed by atoms with Crippen LogP contribution >= 0.6 is 0 Å². The number of rotatable bonds is 5. The molecule has 0 saturated heterocycles. The topological polar surface area (TPSA) is 61.4 Å². The lowest BCUT2D eigenvalue weighted by atomic mass is 10.0. The van der Waals surface area contributed by atoms with E-state index in [2.05, 4.69) is 10.6 Å². The normalized spacial score (nSPS) is 14.0. The molecule has 2 atom stereocenters. The third kappa shape index (κ3) is 3.74. The Kier molecular flexibility index (Phi) is 5.16. The van der Waals surface area contributed by atoms with Crippen LogP contribution in [-0.2, 0) is 4.79 Å². The molecule has 0 aliphatic carbocycles. The molecule has 100 valence electrons. The molecule has 1 amide bonds. The summed E-state index contributed by atoms with van der Waals surface area (Å²) in [4.78, 5) is 11.6. The summed E-state index contributed by atoms with van der Waals surface area (Å²) in [5.41, 5.74) is 1.82. The number of phenols is 1. The van der Waals surface area contributed by atoms with E-state index >= 15 is 0 Å². The van der Waals surface area contributed by atoms with E-state index in [4.69, 9.17) is 0 Å². The molecule has 18 heavy (non-hydrogen) atoms. The first-order valence-corrected chi connectivity index (χ1v) is 6.29. The summed E-state index contributed by atoms with van der Waals surface area (Å²) in [5.74, 6) is 0.231. The number of carbonyl (C=O) groups excluding carboxylic acids is 1. The van der Waals surface area contributed by atoms with Crippen molar-refractivity contribution in [3.63, 3.8) is 0 Å². The van der Waals surface area contributed by atoms with Gasteiger partial charge in [0.05, 0.1) is 6.04 Å². The Hall–Kier alpha value is -1.55. The molecule has 0 fully saturated rings. The van der Waals surface area contributed by atoms with Gasteiger partial charge in [0.1, 0.15) is 5.75 Å². The van der Waals surface area contributed by atoms with Gasteiger partial charge in [0.2, 0.25) is 5.91 Å². The number of phenolic OH excluding ortho intramolecular Hbond substituents is 1. The summed E-state index contributed by atoms with van der Waals surface area (Å²) in [6.45, 7) is 8.18. The highest BCUT2D eigenvalue weighted by Gasteiger charge is 2.17.